The summed E-state index contributed by atoms with van der Waals surface area (Å²) in [5.74, 6) is 0.808. The predicted octanol–water partition coefficient (Wildman–Crippen LogP) is 3.33. The van der Waals surface area contributed by atoms with E-state index in [1.54, 1.807) is 23.1 Å². The molecule has 0 radical (unpaired) electrons. The number of aryl methyl sites for hydroxylation is 1. The SMILES string of the molecule is CCC1CCCCN1C(=O)CSc1nc(C)cs1. The van der Waals surface area contributed by atoms with Crippen molar-refractivity contribution in [3.8, 4) is 0 Å². The molecule has 1 aromatic heterocycles. The van der Waals surface area contributed by atoms with E-state index in [1.165, 1.54) is 12.8 Å². The van der Waals surface area contributed by atoms with Gasteiger partial charge in [0.15, 0.2) is 4.34 Å². The minimum atomic E-state index is 0.277. The number of aromatic nitrogens is 1. The summed E-state index contributed by atoms with van der Waals surface area (Å²) in [7, 11) is 0. The third-order valence-corrected chi connectivity index (χ3v) is 5.46. The van der Waals surface area contributed by atoms with E-state index in [2.05, 4.69) is 16.8 Å². The van der Waals surface area contributed by atoms with E-state index in [1.807, 2.05) is 12.3 Å². The van der Waals surface area contributed by atoms with E-state index >= 15 is 0 Å². The number of piperidine rings is 1. The molecule has 18 heavy (non-hydrogen) atoms. The molecule has 0 aliphatic carbocycles. The zero-order chi connectivity index (χ0) is 13.0. The maximum absolute atomic E-state index is 12.2. The Bertz CT molecular complexity index is 405. The highest BCUT2D eigenvalue weighted by molar-refractivity contribution is 8.01. The van der Waals surface area contributed by atoms with Gasteiger partial charge in [0.05, 0.1) is 5.75 Å². The number of nitrogens with zero attached hydrogens (tertiary/aromatic N) is 2. The molecule has 5 heteroatoms. The molecule has 1 aliphatic rings. The maximum atomic E-state index is 12.2. The summed E-state index contributed by atoms with van der Waals surface area (Å²) in [6.45, 7) is 5.10. The van der Waals surface area contributed by atoms with Gasteiger partial charge in [-0.3, -0.25) is 4.79 Å². The number of rotatable bonds is 4. The molecule has 0 N–H and O–H groups in total. The lowest BCUT2D eigenvalue weighted by Gasteiger charge is -2.35. The Morgan fingerprint density at radius 3 is 3.11 bits per heavy atom. The molecule has 1 aliphatic heterocycles. The first kappa shape index (κ1) is 13.9. The average Bonchev–Trinajstić information content (AvgIpc) is 2.81. The average molecular weight is 284 g/mol. The number of amides is 1. The largest absolute Gasteiger partial charge is 0.339 e. The molecule has 1 unspecified atom stereocenters. The molecule has 0 spiro atoms. The first-order valence-electron chi connectivity index (χ1n) is 6.55. The molecule has 1 saturated heterocycles. The van der Waals surface area contributed by atoms with Crippen LogP contribution in [0.4, 0.5) is 0 Å². The minimum Gasteiger partial charge on any atom is -0.339 e. The summed E-state index contributed by atoms with van der Waals surface area (Å²) < 4.78 is 1.01. The molecule has 3 nitrogen and oxygen atoms in total. The Morgan fingerprint density at radius 2 is 2.44 bits per heavy atom. The highest BCUT2D eigenvalue weighted by atomic mass is 32.2. The summed E-state index contributed by atoms with van der Waals surface area (Å²) in [6, 6.07) is 0.463. The molecule has 0 aromatic carbocycles. The normalized spacial score (nSPS) is 20.1. The number of carbonyl (C=O) groups is 1. The molecule has 1 fully saturated rings. The van der Waals surface area contributed by atoms with E-state index in [4.69, 9.17) is 0 Å². The maximum Gasteiger partial charge on any atom is 0.233 e. The third-order valence-electron chi connectivity index (χ3n) is 3.34. The Hall–Kier alpha value is -0.550. The summed E-state index contributed by atoms with van der Waals surface area (Å²) >= 11 is 3.20. The number of thioether (sulfide) groups is 1. The number of hydrogen-bond acceptors (Lipinski definition) is 4. The van der Waals surface area contributed by atoms with Crippen LogP contribution < -0.4 is 0 Å². The van der Waals surface area contributed by atoms with Crippen molar-refractivity contribution in [2.45, 2.75) is 49.9 Å². The van der Waals surface area contributed by atoms with Crippen molar-refractivity contribution >= 4 is 29.0 Å². The van der Waals surface area contributed by atoms with Gasteiger partial charge >= 0.3 is 0 Å². The van der Waals surface area contributed by atoms with Gasteiger partial charge in [0, 0.05) is 23.7 Å². The molecule has 1 atom stereocenters. The summed E-state index contributed by atoms with van der Waals surface area (Å²) in [6.07, 6.45) is 4.67. The van der Waals surface area contributed by atoms with Crippen LogP contribution in [0.1, 0.15) is 38.3 Å². The molecule has 100 valence electrons. The first-order chi connectivity index (χ1) is 8.70. The minimum absolute atomic E-state index is 0.277. The number of carbonyl (C=O) groups excluding carboxylic acids is 1. The lowest BCUT2D eigenvalue weighted by atomic mass is 10.0. The number of thiazole rings is 1. The van der Waals surface area contributed by atoms with Crippen LogP contribution in [0.3, 0.4) is 0 Å². The zero-order valence-electron chi connectivity index (χ0n) is 11.0. The standard InChI is InChI=1S/C13H20N2OS2/c1-3-11-6-4-5-7-15(11)12(16)9-18-13-14-10(2)8-17-13/h8,11H,3-7,9H2,1-2H3. The number of hydrogen-bond donors (Lipinski definition) is 0. The van der Waals surface area contributed by atoms with Crippen LogP contribution in [0.15, 0.2) is 9.72 Å². The van der Waals surface area contributed by atoms with Crippen molar-refractivity contribution in [3.05, 3.63) is 11.1 Å². The van der Waals surface area contributed by atoms with Gasteiger partial charge in [0.2, 0.25) is 5.91 Å². The fraction of sp³-hybridized carbons (Fsp3) is 0.692. The van der Waals surface area contributed by atoms with Crippen molar-refractivity contribution < 1.29 is 4.79 Å². The van der Waals surface area contributed by atoms with Crippen LogP contribution >= 0.6 is 23.1 Å². The molecule has 0 bridgehead atoms. The van der Waals surface area contributed by atoms with Gasteiger partial charge in [-0.25, -0.2) is 4.98 Å². The van der Waals surface area contributed by atoms with Crippen LogP contribution in [-0.4, -0.2) is 34.1 Å². The molecular formula is C13H20N2OS2. The molecular weight excluding hydrogens is 264 g/mol. The lowest BCUT2D eigenvalue weighted by Crippen LogP contribution is -2.44. The second kappa shape index (κ2) is 6.57. The highest BCUT2D eigenvalue weighted by Crippen LogP contribution is 2.25. The van der Waals surface area contributed by atoms with Gasteiger partial charge < -0.3 is 4.90 Å². The molecule has 0 saturated carbocycles. The topological polar surface area (TPSA) is 33.2 Å². The van der Waals surface area contributed by atoms with Crippen LogP contribution in [0.5, 0.6) is 0 Å². The Kier molecular flexibility index (Phi) is 5.06. The lowest BCUT2D eigenvalue weighted by molar-refractivity contribution is -0.132. The van der Waals surface area contributed by atoms with Crippen molar-refractivity contribution in [2.24, 2.45) is 0 Å². The molecule has 2 rings (SSSR count). The Morgan fingerprint density at radius 1 is 1.61 bits per heavy atom. The van der Waals surface area contributed by atoms with Gasteiger partial charge in [-0.05, 0) is 32.6 Å². The van der Waals surface area contributed by atoms with Gasteiger partial charge in [-0.1, -0.05) is 18.7 Å². The molecule has 2 heterocycles. The fourth-order valence-corrected chi connectivity index (χ4v) is 4.09. The predicted molar refractivity (Wildman–Crippen MR) is 77.2 cm³/mol. The molecule has 1 aromatic rings. The smallest absolute Gasteiger partial charge is 0.233 e. The van der Waals surface area contributed by atoms with Crippen LogP contribution in [-0.2, 0) is 4.79 Å². The Labute approximate surface area is 117 Å². The fourth-order valence-electron chi connectivity index (χ4n) is 2.36. The van der Waals surface area contributed by atoms with Gasteiger partial charge in [0.1, 0.15) is 0 Å². The zero-order valence-corrected chi connectivity index (χ0v) is 12.6. The van der Waals surface area contributed by atoms with E-state index < -0.39 is 0 Å². The van der Waals surface area contributed by atoms with Gasteiger partial charge in [-0.15, -0.1) is 11.3 Å². The van der Waals surface area contributed by atoms with Crippen molar-refractivity contribution in [2.75, 3.05) is 12.3 Å². The van der Waals surface area contributed by atoms with Crippen molar-refractivity contribution in [3.63, 3.8) is 0 Å². The third kappa shape index (κ3) is 3.48. The monoisotopic (exact) mass is 284 g/mol. The van der Waals surface area contributed by atoms with Gasteiger partial charge in [-0.2, -0.15) is 0 Å². The summed E-state index contributed by atoms with van der Waals surface area (Å²) in [4.78, 5) is 18.7. The highest BCUT2D eigenvalue weighted by Gasteiger charge is 2.25. The van der Waals surface area contributed by atoms with E-state index in [-0.39, 0.29) is 5.91 Å². The van der Waals surface area contributed by atoms with Crippen molar-refractivity contribution in [1.29, 1.82) is 0 Å². The van der Waals surface area contributed by atoms with E-state index in [9.17, 15) is 4.79 Å². The number of likely N-dealkylation sites (tertiary alicyclic amines) is 1. The van der Waals surface area contributed by atoms with Crippen molar-refractivity contribution in [1.82, 2.24) is 9.88 Å². The second-order valence-electron chi connectivity index (χ2n) is 4.69. The Balaban J connectivity index is 1.86. The quantitative estimate of drug-likeness (QED) is 0.795. The van der Waals surface area contributed by atoms with Crippen LogP contribution in [0.2, 0.25) is 0 Å². The summed E-state index contributed by atoms with van der Waals surface area (Å²) in [5, 5.41) is 2.03. The van der Waals surface area contributed by atoms with Crippen LogP contribution in [0, 0.1) is 6.92 Å². The van der Waals surface area contributed by atoms with E-state index in [0.29, 0.717) is 11.8 Å². The molecule has 1 amide bonds. The van der Waals surface area contributed by atoms with Gasteiger partial charge in [0.25, 0.3) is 0 Å². The van der Waals surface area contributed by atoms with E-state index in [0.717, 1.165) is 29.4 Å². The second-order valence-corrected chi connectivity index (χ2v) is 6.77. The summed E-state index contributed by atoms with van der Waals surface area (Å²) in [5.41, 5.74) is 1.04. The van der Waals surface area contributed by atoms with Crippen LogP contribution in [0.25, 0.3) is 0 Å². The first-order valence-corrected chi connectivity index (χ1v) is 8.41.